The summed E-state index contributed by atoms with van der Waals surface area (Å²) in [7, 11) is 0. The molecule has 1 aromatic carbocycles. The highest BCUT2D eigenvalue weighted by molar-refractivity contribution is 6.32. The lowest BCUT2D eigenvalue weighted by molar-refractivity contribution is -0.138. The Labute approximate surface area is 98.6 Å². The summed E-state index contributed by atoms with van der Waals surface area (Å²) in [4.78, 5) is 11.0. The van der Waals surface area contributed by atoms with Crippen LogP contribution in [0.25, 0.3) is 0 Å². The molecule has 16 heavy (non-hydrogen) atoms. The lowest BCUT2D eigenvalue weighted by atomic mass is 9.92. The first-order valence-electron chi connectivity index (χ1n) is 4.81. The van der Waals surface area contributed by atoms with Crippen LogP contribution in [0.15, 0.2) is 6.07 Å². The smallest absolute Gasteiger partial charge is 0.312 e. The summed E-state index contributed by atoms with van der Waals surface area (Å²) in [6.45, 7) is 3.28. The van der Waals surface area contributed by atoms with Gasteiger partial charge in [0.25, 0.3) is 0 Å². The molecule has 0 amide bonds. The fraction of sp³-hybridized carbons (Fsp3) is 0.364. The average Bonchev–Trinajstić information content (AvgIpc) is 2.20. The number of hydrogen-bond donors (Lipinski definition) is 3. The number of aromatic hydroxyl groups is 1. The molecular formula is C11H14ClNO3. The molecule has 5 heteroatoms. The monoisotopic (exact) mass is 243 g/mol. The lowest BCUT2D eigenvalue weighted by Crippen LogP contribution is -2.22. The van der Waals surface area contributed by atoms with E-state index in [0.29, 0.717) is 21.7 Å². The molecule has 0 aliphatic rings. The molecule has 0 aliphatic heterocycles. The molecule has 0 radical (unpaired) electrons. The highest BCUT2D eigenvalue weighted by atomic mass is 35.5. The predicted molar refractivity (Wildman–Crippen MR) is 62.0 cm³/mol. The number of benzene rings is 1. The van der Waals surface area contributed by atoms with Gasteiger partial charge in [-0.3, -0.25) is 4.79 Å². The summed E-state index contributed by atoms with van der Waals surface area (Å²) in [6, 6.07) is 1.55. The molecule has 0 spiro atoms. The molecule has 0 bridgehead atoms. The Kier molecular flexibility index (Phi) is 3.78. The zero-order valence-electron chi connectivity index (χ0n) is 9.12. The van der Waals surface area contributed by atoms with Gasteiger partial charge in [-0.25, -0.2) is 0 Å². The summed E-state index contributed by atoms with van der Waals surface area (Å²) < 4.78 is 0. The Morgan fingerprint density at radius 3 is 2.56 bits per heavy atom. The molecule has 0 fully saturated rings. The molecule has 88 valence electrons. The number of phenols is 1. The van der Waals surface area contributed by atoms with Crippen LogP contribution in [0.1, 0.15) is 22.6 Å². The molecule has 4 nitrogen and oxygen atoms in total. The van der Waals surface area contributed by atoms with Gasteiger partial charge in [0.15, 0.2) is 0 Å². The number of phenolic OH excluding ortho intramolecular Hbond substituents is 1. The van der Waals surface area contributed by atoms with Crippen LogP contribution in [0, 0.1) is 13.8 Å². The Balaban J connectivity index is 3.43. The predicted octanol–water partition coefficient (Wildman–Crippen LogP) is 1.79. The number of rotatable bonds is 3. The highest BCUT2D eigenvalue weighted by Gasteiger charge is 2.24. The third kappa shape index (κ3) is 2.13. The quantitative estimate of drug-likeness (QED) is 0.756. The van der Waals surface area contributed by atoms with E-state index in [1.165, 1.54) is 0 Å². The van der Waals surface area contributed by atoms with Gasteiger partial charge in [-0.2, -0.15) is 0 Å². The van der Waals surface area contributed by atoms with Crippen molar-refractivity contribution in [1.29, 1.82) is 0 Å². The molecule has 1 atom stereocenters. The Morgan fingerprint density at radius 1 is 1.56 bits per heavy atom. The lowest BCUT2D eigenvalue weighted by Gasteiger charge is -2.17. The maximum Gasteiger partial charge on any atom is 0.312 e. The second-order valence-electron chi connectivity index (χ2n) is 3.69. The van der Waals surface area contributed by atoms with Gasteiger partial charge in [-0.15, -0.1) is 0 Å². The van der Waals surface area contributed by atoms with Crippen molar-refractivity contribution in [3.05, 3.63) is 27.8 Å². The Morgan fingerprint density at radius 2 is 2.12 bits per heavy atom. The minimum atomic E-state index is -1.05. The van der Waals surface area contributed by atoms with E-state index in [1.807, 2.05) is 0 Å². The van der Waals surface area contributed by atoms with Gasteiger partial charge in [0, 0.05) is 11.6 Å². The molecule has 0 saturated heterocycles. The van der Waals surface area contributed by atoms with Crippen molar-refractivity contribution in [2.24, 2.45) is 5.73 Å². The van der Waals surface area contributed by atoms with Crippen LogP contribution in [0.3, 0.4) is 0 Å². The van der Waals surface area contributed by atoms with E-state index in [9.17, 15) is 9.90 Å². The van der Waals surface area contributed by atoms with Gasteiger partial charge >= 0.3 is 5.97 Å². The van der Waals surface area contributed by atoms with Gasteiger partial charge < -0.3 is 15.9 Å². The number of aryl methyl sites for hydroxylation is 1. The summed E-state index contributed by atoms with van der Waals surface area (Å²) in [6.07, 6.45) is 0. The number of carbonyl (C=O) groups is 1. The summed E-state index contributed by atoms with van der Waals surface area (Å²) in [5.41, 5.74) is 6.89. The minimum absolute atomic E-state index is 0.0571. The van der Waals surface area contributed by atoms with Crippen LogP contribution in [-0.2, 0) is 4.79 Å². The number of hydrogen-bond acceptors (Lipinski definition) is 3. The first-order chi connectivity index (χ1) is 7.40. The summed E-state index contributed by atoms with van der Waals surface area (Å²) in [5.74, 6) is -1.87. The van der Waals surface area contributed by atoms with Crippen molar-refractivity contribution >= 4 is 17.6 Å². The normalized spacial score (nSPS) is 12.5. The van der Waals surface area contributed by atoms with E-state index in [1.54, 1.807) is 19.9 Å². The van der Waals surface area contributed by atoms with Crippen molar-refractivity contribution in [2.75, 3.05) is 6.54 Å². The average molecular weight is 244 g/mol. The third-order valence-corrected chi connectivity index (χ3v) is 2.93. The first kappa shape index (κ1) is 12.8. The Hall–Kier alpha value is -1.26. The third-order valence-electron chi connectivity index (χ3n) is 2.62. The highest BCUT2D eigenvalue weighted by Crippen LogP contribution is 2.35. The van der Waals surface area contributed by atoms with Crippen LogP contribution in [0.5, 0.6) is 5.75 Å². The SMILES string of the molecule is Cc1cc(Cl)c(C(CN)C(=O)O)c(C)c1O. The van der Waals surface area contributed by atoms with Crippen LogP contribution in [-0.4, -0.2) is 22.7 Å². The van der Waals surface area contributed by atoms with Crippen molar-refractivity contribution in [2.45, 2.75) is 19.8 Å². The Bertz CT molecular complexity index is 432. The number of halogens is 1. The van der Waals surface area contributed by atoms with Crippen molar-refractivity contribution in [3.63, 3.8) is 0 Å². The number of aliphatic carboxylic acids is 1. The molecular weight excluding hydrogens is 230 g/mol. The number of nitrogens with two attached hydrogens (primary N) is 1. The number of carboxylic acids is 1. The van der Waals surface area contributed by atoms with E-state index < -0.39 is 11.9 Å². The van der Waals surface area contributed by atoms with Crippen molar-refractivity contribution in [1.82, 2.24) is 0 Å². The molecule has 1 unspecified atom stereocenters. The molecule has 0 aliphatic carbocycles. The van der Waals surface area contributed by atoms with E-state index in [-0.39, 0.29) is 12.3 Å². The standard InChI is InChI=1S/C11H14ClNO3/c1-5-3-8(12)9(6(2)10(5)14)7(4-13)11(15)16/h3,7,14H,4,13H2,1-2H3,(H,15,16). The molecule has 1 rings (SSSR count). The zero-order valence-corrected chi connectivity index (χ0v) is 9.88. The topological polar surface area (TPSA) is 83.6 Å². The van der Waals surface area contributed by atoms with Crippen LogP contribution < -0.4 is 5.73 Å². The van der Waals surface area contributed by atoms with Crippen molar-refractivity contribution < 1.29 is 15.0 Å². The first-order valence-corrected chi connectivity index (χ1v) is 5.19. The molecule has 4 N–H and O–H groups in total. The minimum Gasteiger partial charge on any atom is -0.507 e. The van der Waals surface area contributed by atoms with Gasteiger partial charge in [0.2, 0.25) is 0 Å². The molecule has 0 saturated carbocycles. The van der Waals surface area contributed by atoms with Crippen LogP contribution >= 0.6 is 11.6 Å². The van der Waals surface area contributed by atoms with Gasteiger partial charge in [0.05, 0.1) is 5.92 Å². The van der Waals surface area contributed by atoms with Crippen LogP contribution in [0.4, 0.5) is 0 Å². The van der Waals surface area contributed by atoms with Gasteiger partial charge in [0.1, 0.15) is 5.75 Å². The molecule has 0 aromatic heterocycles. The number of carboxylic acid groups (broad SMARTS) is 1. The van der Waals surface area contributed by atoms with E-state index in [0.717, 1.165) is 0 Å². The van der Waals surface area contributed by atoms with Gasteiger partial charge in [-0.05, 0) is 36.6 Å². The van der Waals surface area contributed by atoms with Crippen LogP contribution in [0.2, 0.25) is 5.02 Å². The summed E-state index contributed by atoms with van der Waals surface area (Å²) >= 11 is 5.99. The second-order valence-corrected chi connectivity index (χ2v) is 4.10. The van der Waals surface area contributed by atoms with E-state index >= 15 is 0 Å². The van der Waals surface area contributed by atoms with Gasteiger partial charge in [-0.1, -0.05) is 11.6 Å². The van der Waals surface area contributed by atoms with E-state index in [4.69, 9.17) is 22.4 Å². The second kappa shape index (κ2) is 4.72. The fourth-order valence-corrected chi connectivity index (χ4v) is 2.15. The maximum absolute atomic E-state index is 11.0. The molecule has 0 heterocycles. The summed E-state index contributed by atoms with van der Waals surface area (Å²) in [5, 5.41) is 19.1. The largest absolute Gasteiger partial charge is 0.507 e. The maximum atomic E-state index is 11.0. The fourth-order valence-electron chi connectivity index (χ4n) is 1.71. The van der Waals surface area contributed by atoms with Crippen molar-refractivity contribution in [3.8, 4) is 5.75 Å². The zero-order chi connectivity index (χ0) is 12.5. The van der Waals surface area contributed by atoms with E-state index in [2.05, 4.69) is 0 Å². The molecule has 1 aromatic rings.